The number of rotatable bonds is 5. The SMILES string of the molecule is CCCc1nc(C)c(C(=O)O[C@H](C)c2cnoc2C)s1. The van der Waals surface area contributed by atoms with Gasteiger partial charge in [0.2, 0.25) is 0 Å². The largest absolute Gasteiger partial charge is 0.453 e. The molecule has 0 aliphatic rings. The first-order valence-corrected chi connectivity index (χ1v) is 7.43. The predicted molar refractivity (Wildman–Crippen MR) is 75.9 cm³/mol. The molecule has 0 unspecified atom stereocenters. The number of thiazole rings is 1. The van der Waals surface area contributed by atoms with Crippen LogP contribution < -0.4 is 0 Å². The van der Waals surface area contributed by atoms with E-state index in [1.807, 2.05) is 6.92 Å². The summed E-state index contributed by atoms with van der Waals surface area (Å²) in [6.07, 6.45) is 3.09. The third-order valence-corrected chi connectivity index (χ3v) is 4.20. The molecule has 0 aliphatic carbocycles. The molecule has 0 aromatic carbocycles. The molecular weight excluding hydrogens is 276 g/mol. The second-order valence-corrected chi connectivity index (χ2v) is 5.74. The van der Waals surface area contributed by atoms with Crippen LogP contribution >= 0.6 is 11.3 Å². The predicted octanol–water partition coefficient (Wildman–Crippen LogP) is 3.62. The molecule has 6 heteroatoms. The first-order valence-electron chi connectivity index (χ1n) is 6.61. The smallest absolute Gasteiger partial charge is 0.350 e. The Hall–Kier alpha value is -1.69. The summed E-state index contributed by atoms with van der Waals surface area (Å²) in [7, 11) is 0. The Labute approximate surface area is 122 Å². The number of esters is 1. The van der Waals surface area contributed by atoms with Gasteiger partial charge in [0.15, 0.2) is 0 Å². The summed E-state index contributed by atoms with van der Waals surface area (Å²) >= 11 is 1.41. The lowest BCUT2D eigenvalue weighted by atomic mass is 10.2. The maximum Gasteiger partial charge on any atom is 0.350 e. The first-order chi connectivity index (χ1) is 9.52. The highest BCUT2D eigenvalue weighted by Crippen LogP contribution is 2.25. The van der Waals surface area contributed by atoms with Gasteiger partial charge in [0.05, 0.1) is 22.5 Å². The lowest BCUT2D eigenvalue weighted by Crippen LogP contribution is -2.09. The zero-order valence-electron chi connectivity index (χ0n) is 12.1. The van der Waals surface area contributed by atoms with Crippen LogP contribution in [0.2, 0.25) is 0 Å². The highest BCUT2D eigenvalue weighted by Gasteiger charge is 2.21. The third kappa shape index (κ3) is 3.07. The van der Waals surface area contributed by atoms with Crippen molar-refractivity contribution in [3.05, 3.63) is 33.1 Å². The molecule has 0 bridgehead atoms. The fourth-order valence-corrected chi connectivity index (χ4v) is 2.99. The molecule has 2 aromatic heterocycles. The minimum Gasteiger partial charge on any atom is -0.453 e. The van der Waals surface area contributed by atoms with Crippen LogP contribution in [0.4, 0.5) is 0 Å². The zero-order chi connectivity index (χ0) is 14.7. The molecule has 0 saturated carbocycles. The van der Waals surface area contributed by atoms with E-state index >= 15 is 0 Å². The summed E-state index contributed by atoms with van der Waals surface area (Å²) in [5.74, 6) is 0.327. The molecule has 0 spiro atoms. The molecule has 2 rings (SSSR count). The van der Waals surface area contributed by atoms with Crippen molar-refractivity contribution in [1.29, 1.82) is 0 Å². The Kier molecular flexibility index (Phi) is 4.54. The summed E-state index contributed by atoms with van der Waals surface area (Å²) in [6.45, 7) is 7.53. The van der Waals surface area contributed by atoms with Crippen molar-refractivity contribution in [2.75, 3.05) is 0 Å². The van der Waals surface area contributed by atoms with E-state index in [-0.39, 0.29) is 12.1 Å². The fraction of sp³-hybridized carbons (Fsp3) is 0.500. The number of carbonyl (C=O) groups excluding carboxylic acids is 1. The normalized spacial score (nSPS) is 12.4. The van der Waals surface area contributed by atoms with Gasteiger partial charge in [-0.05, 0) is 33.6 Å². The van der Waals surface area contributed by atoms with Crippen molar-refractivity contribution in [1.82, 2.24) is 10.1 Å². The Balaban J connectivity index is 2.10. The van der Waals surface area contributed by atoms with E-state index < -0.39 is 0 Å². The average Bonchev–Trinajstić information content (AvgIpc) is 2.96. The van der Waals surface area contributed by atoms with Crippen LogP contribution in [0.5, 0.6) is 0 Å². The van der Waals surface area contributed by atoms with Crippen LogP contribution in [0.25, 0.3) is 0 Å². The van der Waals surface area contributed by atoms with Crippen LogP contribution in [0, 0.1) is 13.8 Å². The summed E-state index contributed by atoms with van der Waals surface area (Å²) in [5.41, 5.74) is 1.52. The van der Waals surface area contributed by atoms with Gasteiger partial charge >= 0.3 is 5.97 Å². The second kappa shape index (κ2) is 6.17. The molecular formula is C14H18N2O3S. The van der Waals surface area contributed by atoms with Gasteiger partial charge in [0.1, 0.15) is 16.7 Å². The van der Waals surface area contributed by atoms with Crippen LogP contribution in [0.15, 0.2) is 10.7 Å². The van der Waals surface area contributed by atoms with Gasteiger partial charge in [-0.25, -0.2) is 9.78 Å². The molecule has 0 aliphatic heterocycles. The molecule has 2 aromatic rings. The van der Waals surface area contributed by atoms with E-state index in [1.54, 1.807) is 20.0 Å². The second-order valence-electron chi connectivity index (χ2n) is 4.66. The van der Waals surface area contributed by atoms with Gasteiger partial charge < -0.3 is 9.26 Å². The summed E-state index contributed by atoms with van der Waals surface area (Å²) in [5, 5.41) is 4.67. The van der Waals surface area contributed by atoms with Crippen molar-refractivity contribution >= 4 is 17.3 Å². The van der Waals surface area contributed by atoms with E-state index in [0.29, 0.717) is 10.6 Å². The highest BCUT2D eigenvalue weighted by molar-refractivity contribution is 7.13. The van der Waals surface area contributed by atoms with Gasteiger partial charge in [0, 0.05) is 0 Å². The van der Waals surface area contributed by atoms with Crippen LogP contribution in [-0.4, -0.2) is 16.1 Å². The van der Waals surface area contributed by atoms with Crippen molar-refractivity contribution in [3.8, 4) is 0 Å². The standard InChI is InChI=1S/C14H18N2O3S/c1-5-6-12-16-8(2)13(20-12)14(17)18-9(3)11-7-15-19-10(11)4/h7,9H,5-6H2,1-4H3/t9-/m1/s1. The van der Waals surface area contributed by atoms with Gasteiger partial charge in [-0.1, -0.05) is 12.1 Å². The fourth-order valence-electron chi connectivity index (χ4n) is 1.94. The van der Waals surface area contributed by atoms with E-state index in [0.717, 1.165) is 29.1 Å². The number of hydrogen-bond donors (Lipinski definition) is 0. The zero-order valence-corrected chi connectivity index (χ0v) is 12.9. The Morgan fingerprint density at radius 3 is 2.85 bits per heavy atom. The van der Waals surface area contributed by atoms with Gasteiger partial charge in [-0.15, -0.1) is 11.3 Å². The Morgan fingerprint density at radius 2 is 2.25 bits per heavy atom. The van der Waals surface area contributed by atoms with E-state index in [2.05, 4.69) is 17.1 Å². The number of aromatic nitrogens is 2. The number of carbonyl (C=O) groups is 1. The quantitative estimate of drug-likeness (QED) is 0.788. The highest BCUT2D eigenvalue weighted by atomic mass is 32.1. The topological polar surface area (TPSA) is 65.2 Å². The van der Waals surface area contributed by atoms with Gasteiger partial charge in [0.25, 0.3) is 0 Å². The van der Waals surface area contributed by atoms with Crippen molar-refractivity contribution in [3.63, 3.8) is 0 Å². The molecule has 5 nitrogen and oxygen atoms in total. The summed E-state index contributed by atoms with van der Waals surface area (Å²) in [6, 6.07) is 0. The molecule has 0 radical (unpaired) electrons. The number of aryl methyl sites for hydroxylation is 3. The molecule has 108 valence electrons. The van der Waals surface area contributed by atoms with Gasteiger partial charge in [-0.2, -0.15) is 0 Å². The average molecular weight is 294 g/mol. The first kappa shape index (κ1) is 14.7. The van der Waals surface area contributed by atoms with Gasteiger partial charge in [-0.3, -0.25) is 0 Å². The molecule has 0 N–H and O–H groups in total. The Morgan fingerprint density at radius 1 is 1.50 bits per heavy atom. The molecule has 0 amide bonds. The summed E-state index contributed by atoms with van der Waals surface area (Å²) < 4.78 is 10.4. The molecule has 1 atom stereocenters. The van der Waals surface area contributed by atoms with E-state index in [1.165, 1.54) is 11.3 Å². The lowest BCUT2D eigenvalue weighted by molar-refractivity contribution is 0.0340. The Bertz CT molecular complexity index is 603. The minimum atomic E-state index is -0.384. The molecule has 0 fully saturated rings. The van der Waals surface area contributed by atoms with E-state index in [4.69, 9.17) is 9.26 Å². The molecule has 0 saturated heterocycles. The van der Waals surface area contributed by atoms with Crippen LogP contribution in [0.3, 0.4) is 0 Å². The third-order valence-electron chi connectivity index (χ3n) is 3.00. The van der Waals surface area contributed by atoms with E-state index in [9.17, 15) is 4.79 Å². The van der Waals surface area contributed by atoms with Crippen LogP contribution in [0.1, 0.15) is 58.1 Å². The minimum absolute atomic E-state index is 0.338. The van der Waals surface area contributed by atoms with Crippen molar-refractivity contribution in [2.24, 2.45) is 0 Å². The number of hydrogen-bond acceptors (Lipinski definition) is 6. The maximum absolute atomic E-state index is 12.2. The molecule has 2 heterocycles. The number of ether oxygens (including phenoxy) is 1. The monoisotopic (exact) mass is 294 g/mol. The summed E-state index contributed by atoms with van der Waals surface area (Å²) in [4.78, 5) is 17.2. The maximum atomic E-state index is 12.2. The molecule has 20 heavy (non-hydrogen) atoms. The lowest BCUT2D eigenvalue weighted by Gasteiger charge is -2.11. The number of nitrogens with zero attached hydrogens (tertiary/aromatic N) is 2. The van der Waals surface area contributed by atoms with Crippen LogP contribution in [-0.2, 0) is 11.2 Å². The van der Waals surface area contributed by atoms with Crippen molar-refractivity contribution < 1.29 is 14.1 Å². The van der Waals surface area contributed by atoms with Crippen molar-refractivity contribution in [2.45, 2.75) is 46.6 Å².